The lowest BCUT2D eigenvalue weighted by Crippen LogP contribution is -2.59. The Balaban J connectivity index is 1.26. The van der Waals surface area contributed by atoms with Crippen LogP contribution in [0.25, 0.3) is 16.9 Å². The number of carbonyl (C=O) groups excluding carboxylic acids is 1. The summed E-state index contributed by atoms with van der Waals surface area (Å²) in [5, 5.41) is 20.4. The summed E-state index contributed by atoms with van der Waals surface area (Å²) in [6.45, 7) is 7.19. The predicted octanol–water partition coefficient (Wildman–Crippen LogP) is 4.28. The van der Waals surface area contributed by atoms with E-state index in [-0.39, 0.29) is 29.2 Å². The van der Waals surface area contributed by atoms with Gasteiger partial charge in [-0.15, -0.1) is 0 Å². The quantitative estimate of drug-likeness (QED) is 0.369. The van der Waals surface area contributed by atoms with Gasteiger partial charge >= 0.3 is 0 Å². The molecule has 4 aromatic rings. The van der Waals surface area contributed by atoms with Crippen molar-refractivity contribution in [3.05, 3.63) is 58.5 Å². The highest BCUT2D eigenvalue weighted by Crippen LogP contribution is 2.65. The molecule has 1 unspecified atom stereocenters. The maximum Gasteiger partial charge on any atom is 0.251 e. The van der Waals surface area contributed by atoms with E-state index in [0.29, 0.717) is 34.2 Å². The number of aliphatic hydroxyl groups is 1. The molecule has 11 heteroatoms. The van der Waals surface area contributed by atoms with Crippen molar-refractivity contribution in [1.82, 2.24) is 19.3 Å². The first-order valence-corrected chi connectivity index (χ1v) is 14.7. The molecule has 4 atom stereocenters. The van der Waals surface area contributed by atoms with Gasteiger partial charge in [0.2, 0.25) is 0 Å². The molecule has 0 bridgehead atoms. The zero-order valence-corrected chi connectivity index (χ0v) is 24.1. The number of nitriles is 1. The Labute approximate surface area is 241 Å². The highest BCUT2D eigenvalue weighted by molar-refractivity contribution is 7.16. The Morgan fingerprint density at radius 1 is 1.32 bits per heavy atom. The number of fused-ring (bicyclic) bond motifs is 1. The van der Waals surface area contributed by atoms with Crippen molar-refractivity contribution < 1.29 is 14.3 Å². The van der Waals surface area contributed by atoms with E-state index in [1.807, 2.05) is 16.8 Å². The van der Waals surface area contributed by atoms with Crippen molar-refractivity contribution in [1.29, 1.82) is 5.26 Å². The molecule has 3 fully saturated rings. The number of amides is 1. The number of carbonyl (C=O) groups is 1. The van der Waals surface area contributed by atoms with E-state index in [1.165, 1.54) is 23.5 Å². The number of benzene rings is 1. The minimum atomic E-state index is -0.982. The number of rotatable bonds is 6. The number of anilines is 3. The van der Waals surface area contributed by atoms with Crippen LogP contribution < -0.4 is 9.80 Å². The van der Waals surface area contributed by atoms with E-state index in [9.17, 15) is 19.6 Å². The molecule has 41 heavy (non-hydrogen) atoms. The van der Waals surface area contributed by atoms with Gasteiger partial charge in [-0.2, -0.15) is 5.26 Å². The van der Waals surface area contributed by atoms with Gasteiger partial charge in [-0.3, -0.25) is 9.20 Å². The predicted molar refractivity (Wildman–Crippen MR) is 155 cm³/mol. The zero-order valence-electron chi connectivity index (χ0n) is 23.3. The zero-order chi connectivity index (χ0) is 28.8. The standard InChI is InChI=1S/C30H30FN7O2S/c1-5-21-27(35(4)29-34-25(22(12-32)41-29)18-6-8-19(31)9-7-18)37-13-20(10-16(2)26(37)33-21)38-15-30-11-23(30)36(14-24(30)38)28(40)17(3)39/h6-10,13,17,23-24,39H,5,11,14-15H2,1-4H3/t17-,23+,24?,30+/m0/s1. The van der Waals surface area contributed by atoms with Gasteiger partial charge < -0.3 is 19.8 Å². The summed E-state index contributed by atoms with van der Waals surface area (Å²) in [5.41, 5.74) is 5.26. The molecule has 210 valence electrons. The Bertz CT molecular complexity index is 1760. The normalized spacial score (nSPS) is 23.1. The summed E-state index contributed by atoms with van der Waals surface area (Å²) in [4.78, 5) is 29.1. The monoisotopic (exact) mass is 571 g/mol. The number of nitrogens with zero attached hydrogens (tertiary/aromatic N) is 7. The fourth-order valence-electron chi connectivity index (χ4n) is 6.83. The molecule has 1 amide bonds. The van der Waals surface area contributed by atoms with Crippen LogP contribution in [0, 0.1) is 29.5 Å². The maximum atomic E-state index is 13.5. The summed E-state index contributed by atoms with van der Waals surface area (Å²) in [6, 6.07) is 10.9. The number of aromatic nitrogens is 3. The average Bonchev–Trinajstić information content (AvgIpc) is 3.26. The smallest absolute Gasteiger partial charge is 0.251 e. The van der Waals surface area contributed by atoms with Crippen LogP contribution in [0.3, 0.4) is 0 Å². The summed E-state index contributed by atoms with van der Waals surface area (Å²) in [5.74, 6) is 0.363. The van der Waals surface area contributed by atoms with Crippen LogP contribution in [0.1, 0.15) is 36.4 Å². The van der Waals surface area contributed by atoms with Gasteiger partial charge in [0.15, 0.2) is 5.13 Å². The topological polar surface area (TPSA) is 101 Å². The number of imidazole rings is 1. The number of piperidine rings is 1. The van der Waals surface area contributed by atoms with Crippen molar-refractivity contribution >= 4 is 39.5 Å². The lowest BCUT2D eigenvalue weighted by atomic mass is 9.86. The van der Waals surface area contributed by atoms with Crippen LogP contribution in [0.15, 0.2) is 36.5 Å². The van der Waals surface area contributed by atoms with Crippen molar-refractivity contribution in [2.45, 2.75) is 51.8 Å². The number of aryl methyl sites for hydroxylation is 2. The Kier molecular flexibility index (Phi) is 5.69. The molecule has 1 saturated carbocycles. The molecule has 3 aromatic heterocycles. The third-order valence-electron chi connectivity index (χ3n) is 9.01. The second-order valence-electron chi connectivity index (χ2n) is 11.4. The van der Waals surface area contributed by atoms with Crippen LogP contribution in [-0.2, 0) is 11.2 Å². The number of likely N-dealkylation sites (tertiary alicyclic amines) is 1. The van der Waals surface area contributed by atoms with E-state index in [4.69, 9.17) is 9.97 Å². The molecule has 2 saturated heterocycles. The highest BCUT2D eigenvalue weighted by atomic mass is 32.1. The van der Waals surface area contributed by atoms with Crippen molar-refractivity contribution in [2.24, 2.45) is 5.41 Å². The molecular formula is C30H30FN7O2S. The molecular weight excluding hydrogens is 541 g/mol. The Morgan fingerprint density at radius 3 is 2.76 bits per heavy atom. The molecule has 7 rings (SSSR count). The van der Waals surface area contributed by atoms with Crippen LogP contribution in [0.5, 0.6) is 0 Å². The van der Waals surface area contributed by atoms with Crippen LogP contribution >= 0.6 is 11.3 Å². The van der Waals surface area contributed by atoms with E-state index < -0.39 is 6.10 Å². The highest BCUT2D eigenvalue weighted by Gasteiger charge is 2.75. The minimum absolute atomic E-state index is 0.141. The lowest BCUT2D eigenvalue weighted by Gasteiger charge is -2.48. The number of pyridine rings is 1. The molecule has 1 N–H and O–H groups in total. The summed E-state index contributed by atoms with van der Waals surface area (Å²) >= 11 is 1.30. The molecule has 0 radical (unpaired) electrons. The number of hydrogen-bond acceptors (Lipinski definition) is 8. The first-order chi connectivity index (χ1) is 19.7. The summed E-state index contributed by atoms with van der Waals surface area (Å²) in [6.07, 6.45) is 2.84. The average molecular weight is 572 g/mol. The molecule has 9 nitrogen and oxygen atoms in total. The second kappa shape index (κ2) is 8.99. The number of hydrogen-bond donors (Lipinski definition) is 1. The molecule has 3 aliphatic rings. The van der Waals surface area contributed by atoms with Crippen molar-refractivity contribution in [3.63, 3.8) is 0 Å². The van der Waals surface area contributed by atoms with Gasteiger partial charge in [0.05, 0.1) is 17.4 Å². The van der Waals surface area contributed by atoms with Gasteiger partial charge in [0.1, 0.15) is 40.0 Å². The molecule has 1 aliphatic carbocycles. The third-order valence-corrected chi connectivity index (χ3v) is 10.0. The fraction of sp³-hybridized carbons (Fsp3) is 0.400. The molecule has 1 spiro atoms. The van der Waals surface area contributed by atoms with Crippen molar-refractivity contribution in [3.8, 4) is 17.3 Å². The number of halogens is 1. The minimum Gasteiger partial charge on any atom is -0.384 e. The first-order valence-electron chi connectivity index (χ1n) is 13.8. The van der Waals surface area contributed by atoms with Crippen molar-refractivity contribution in [2.75, 3.05) is 29.9 Å². The second-order valence-corrected chi connectivity index (χ2v) is 12.4. The maximum absolute atomic E-state index is 13.5. The van der Waals surface area contributed by atoms with E-state index >= 15 is 0 Å². The third kappa shape index (κ3) is 3.70. The first kappa shape index (κ1) is 25.9. The lowest BCUT2D eigenvalue weighted by molar-refractivity contribution is -0.139. The van der Waals surface area contributed by atoms with Gasteiger partial charge in [0, 0.05) is 43.4 Å². The van der Waals surface area contributed by atoms with E-state index in [2.05, 4.69) is 41.5 Å². The fourth-order valence-corrected chi connectivity index (χ4v) is 7.68. The van der Waals surface area contributed by atoms with Crippen LogP contribution in [-0.4, -0.2) is 68.6 Å². The molecule has 2 aliphatic heterocycles. The Hall–Kier alpha value is -4.01. The summed E-state index contributed by atoms with van der Waals surface area (Å²) < 4.78 is 15.6. The van der Waals surface area contributed by atoms with E-state index in [1.54, 1.807) is 19.1 Å². The van der Waals surface area contributed by atoms with Gasteiger partial charge in [0.25, 0.3) is 5.91 Å². The SMILES string of the molecule is CCc1nc2c(C)cc(N3C[C@]45C[C@H]4N(C(=O)[C@H](C)O)CC35)cn2c1N(C)c1nc(-c2ccc(F)cc2)c(C#N)s1. The van der Waals surface area contributed by atoms with E-state index in [0.717, 1.165) is 41.4 Å². The van der Waals surface area contributed by atoms with Gasteiger partial charge in [-0.05, 0) is 62.6 Å². The summed E-state index contributed by atoms with van der Waals surface area (Å²) in [7, 11) is 1.93. The van der Waals surface area contributed by atoms with Gasteiger partial charge in [-0.1, -0.05) is 18.3 Å². The Morgan fingerprint density at radius 2 is 2.07 bits per heavy atom. The molecule has 1 aromatic carbocycles. The number of aliphatic hydroxyl groups excluding tert-OH is 1. The van der Waals surface area contributed by atoms with Crippen LogP contribution in [0.4, 0.5) is 21.0 Å². The van der Waals surface area contributed by atoms with Crippen LogP contribution in [0.2, 0.25) is 0 Å². The van der Waals surface area contributed by atoms with Gasteiger partial charge in [-0.25, -0.2) is 14.4 Å². The number of thiazole rings is 1. The molecule has 5 heterocycles. The largest absolute Gasteiger partial charge is 0.384 e.